The van der Waals surface area contributed by atoms with Gasteiger partial charge in [0, 0.05) is 23.2 Å². The molecule has 4 rings (SSSR count). The first-order valence-corrected chi connectivity index (χ1v) is 9.33. The fraction of sp³-hybridized carbons (Fsp3) is 0.0833. The third-order valence-electron chi connectivity index (χ3n) is 4.76. The lowest BCUT2D eigenvalue weighted by atomic mass is 10.0. The minimum Gasteiger partial charge on any atom is -0.478 e. The van der Waals surface area contributed by atoms with Crippen LogP contribution in [0.5, 0.6) is 0 Å². The van der Waals surface area contributed by atoms with Gasteiger partial charge < -0.3 is 10.4 Å². The number of carboxylic acid groups (broad SMARTS) is 1. The Morgan fingerprint density at radius 1 is 0.966 bits per heavy atom. The van der Waals surface area contributed by atoms with E-state index in [-0.39, 0.29) is 10.9 Å². The molecular formula is C24H19FN2O2. The molecule has 1 heterocycles. The number of benzene rings is 3. The summed E-state index contributed by atoms with van der Waals surface area (Å²) in [5.41, 5.74) is 5.01. The van der Waals surface area contributed by atoms with Gasteiger partial charge in [0.2, 0.25) is 0 Å². The highest BCUT2D eigenvalue weighted by Gasteiger charge is 2.14. The molecule has 4 nitrogen and oxygen atoms in total. The van der Waals surface area contributed by atoms with Crippen LogP contribution >= 0.6 is 0 Å². The van der Waals surface area contributed by atoms with Crippen molar-refractivity contribution in [2.45, 2.75) is 6.92 Å². The monoisotopic (exact) mass is 386 g/mol. The summed E-state index contributed by atoms with van der Waals surface area (Å²) in [6.45, 7) is 2.91. The molecule has 4 aromatic rings. The number of nitrogens with one attached hydrogen (secondary N) is 1. The quantitative estimate of drug-likeness (QED) is 0.452. The summed E-state index contributed by atoms with van der Waals surface area (Å²) in [4.78, 5) is 16.2. The first-order chi connectivity index (χ1) is 14.0. The number of aromatic nitrogens is 1. The smallest absolute Gasteiger partial charge is 0.336 e. The Morgan fingerprint density at radius 3 is 2.45 bits per heavy atom. The topological polar surface area (TPSA) is 62.2 Å². The molecule has 0 amide bonds. The van der Waals surface area contributed by atoms with Crippen LogP contribution in [0.15, 0.2) is 72.8 Å². The standard InChI is InChI=1S/C24H19FN2O2/c1-2-26-19-5-3-4-17(12-19)15-6-8-16(9-7-15)23-14-21(24(28)29)20-13-18(25)10-11-22(20)27-23/h3-14,26H,2H2,1H3,(H,28,29). The van der Waals surface area contributed by atoms with Crippen molar-refractivity contribution in [3.63, 3.8) is 0 Å². The highest BCUT2D eigenvalue weighted by molar-refractivity contribution is 6.03. The fourth-order valence-electron chi connectivity index (χ4n) is 3.37. The molecule has 0 bridgehead atoms. The molecule has 0 aliphatic carbocycles. The van der Waals surface area contributed by atoms with E-state index in [1.165, 1.54) is 24.3 Å². The summed E-state index contributed by atoms with van der Waals surface area (Å²) in [5.74, 6) is -1.60. The van der Waals surface area contributed by atoms with Gasteiger partial charge in [0.1, 0.15) is 5.82 Å². The summed E-state index contributed by atoms with van der Waals surface area (Å²) in [5, 5.41) is 13.1. The molecule has 144 valence electrons. The molecule has 0 saturated heterocycles. The number of hydrogen-bond acceptors (Lipinski definition) is 3. The van der Waals surface area contributed by atoms with E-state index < -0.39 is 11.8 Å². The van der Waals surface area contributed by atoms with Crippen molar-refractivity contribution >= 4 is 22.6 Å². The van der Waals surface area contributed by atoms with Crippen molar-refractivity contribution in [1.29, 1.82) is 0 Å². The summed E-state index contributed by atoms with van der Waals surface area (Å²) >= 11 is 0. The van der Waals surface area contributed by atoms with Gasteiger partial charge in [-0.25, -0.2) is 14.2 Å². The Bertz CT molecular complexity index is 1200. The second-order valence-corrected chi connectivity index (χ2v) is 6.71. The maximum Gasteiger partial charge on any atom is 0.336 e. The van der Waals surface area contributed by atoms with E-state index in [1.807, 2.05) is 42.5 Å². The zero-order valence-electron chi connectivity index (χ0n) is 15.8. The molecule has 0 radical (unpaired) electrons. The predicted octanol–water partition coefficient (Wildman–Crippen LogP) is 5.84. The lowest BCUT2D eigenvalue weighted by Gasteiger charge is -2.09. The van der Waals surface area contributed by atoms with E-state index in [2.05, 4.69) is 23.3 Å². The molecule has 0 aliphatic rings. The van der Waals surface area contributed by atoms with Crippen molar-refractivity contribution in [1.82, 2.24) is 4.98 Å². The maximum atomic E-state index is 13.6. The van der Waals surface area contributed by atoms with Crippen molar-refractivity contribution in [2.75, 3.05) is 11.9 Å². The van der Waals surface area contributed by atoms with Gasteiger partial charge in [0.25, 0.3) is 0 Å². The number of halogens is 1. The van der Waals surface area contributed by atoms with Crippen LogP contribution < -0.4 is 5.32 Å². The summed E-state index contributed by atoms with van der Waals surface area (Å²) < 4.78 is 13.6. The third-order valence-corrected chi connectivity index (χ3v) is 4.76. The SMILES string of the molecule is CCNc1cccc(-c2ccc(-c3cc(C(=O)O)c4cc(F)ccc4n3)cc2)c1. The van der Waals surface area contributed by atoms with Gasteiger partial charge in [0.05, 0.1) is 16.8 Å². The van der Waals surface area contributed by atoms with Crippen LogP contribution in [0, 0.1) is 5.82 Å². The Labute approximate surface area is 167 Å². The molecule has 0 unspecified atom stereocenters. The fourth-order valence-corrected chi connectivity index (χ4v) is 3.37. The number of anilines is 1. The summed E-state index contributed by atoms with van der Waals surface area (Å²) in [7, 11) is 0. The van der Waals surface area contributed by atoms with E-state index >= 15 is 0 Å². The molecule has 5 heteroatoms. The molecule has 0 saturated carbocycles. The number of fused-ring (bicyclic) bond motifs is 1. The number of rotatable bonds is 5. The summed E-state index contributed by atoms with van der Waals surface area (Å²) in [6.07, 6.45) is 0. The Morgan fingerprint density at radius 2 is 1.72 bits per heavy atom. The molecule has 0 fully saturated rings. The Balaban J connectivity index is 1.74. The van der Waals surface area contributed by atoms with E-state index in [0.717, 1.165) is 28.9 Å². The van der Waals surface area contributed by atoms with Crippen molar-refractivity contribution in [2.24, 2.45) is 0 Å². The van der Waals surface area contributed by atoms with E-state index in [9.17, 15) is 14.3 Å². The van der Waals surface area contributed by atoms with Crippen molar-refractivity contribution < 1.29 is 14.3 Å². The zero-order chi connectivity index (χ0) is 20.4. The van der Waals surface area contributed by atoms with Crippen LogP contribution in [0.25, 0.3) is 33.3 Å². The molecule has 29 heavy (non-hydrogen) atoms. The van der Waals surface area contributed by atoms with Gasteiger partial charge in [-0.05, 0) is 54.4 Å². The highest BCUT2D eigenvalue weighted by atomic mass is 19.1. The minimum absolute atomic E-state index is 0.0342. The van der Waals surface area contributed by atoms with Crippen LogP contribution in [0.4, 0.5) is 10.1 Å². The lowest BCUT2D eigenvalue weighted by Crippen LogP contribution is -2.00. The van der Waals surface area contributed by atoms with Gasteiger partial charge in [0.15, 0.2) is 0 Å². The third kappa shape index (κ3) is 3.80. The largest absolute Gasteiger partial charge is 0.478 e. The molecule has 3 aromatic carbocycles. The van der Waals surface area contributed by atoms with E-state index in [1.54, 1.807) is 0 Å². The summed E-state index contributed by atoms with van der Waals surface area (Å²) in [6, 6.07) is 21.4. The number of aromatic carboxylic acids is 1. The molecule has 1 aromatic heterocycles. The highest BCUT2D eigenvalue weighted by Crippen LogP contribution is 2.28. The van der Waals surface area contributed by atoms with Crippen LogP contribution in [0.3, 0.4) is 0 Å². The molecule has 0 spiro atoms. The van der Waals surface area contributed by atoms with Gasteiger partial charge in [-0.3, -0.25) is 0 Å². The number of hydrogen-bond donors (Lipinski definition) is 2. The first-order valence-electron chi connectivity index (χ1n) is 9.33. The van der Waals surface area contributed by atoms with Crippen LogP contribution in [-0.2, 0) is 0 Å². The molecule has 0 aliphatic heterocycles. The Kier molecular flexibility index (Phi) is 4.96. The second-order valence-electron chi connectivity index (χ2n) is 6.71. The normalized spacial score (nSPS) is 10.8. The van der Waals surface area contributed by atoms with Crippen LogP contribution in [0.2, 0.25) is 0 Å². The predicted molar refractivity (Wildman–Crippen MR) is 114 cm³/mol. The average molecular weight is 386 g/mol. The maximum absolute atomic E-state index is 13.6. The molecule has 0 atom stereocenters. The van der Waals surface area contributed by atoms with Gasteiger partial charge >= 0.3 is 5.97 Å². The van der Waals surface area contributed by atoms with Gasteiger partial charge in [-0.1, -0.05) is 36.4 Å². The van der Waals surface area contributed by atoms with Crippen LogP contribution in [0.1, 0.15) is 17.3 Å². The number of carbonyl (C=O) groups is 1. The van der Waals surface area contributed by atoms with Gasteiger partial charge in [-0.15, -0.1) is 0 Å². The number of pyridine rings is 1. The Hall–Kier alpha value is -3.73. The van der Waals surface area contributed by atoms with Crippen LogP contribution in [-0.4, -0.2) is 22.6 Å². The zero-order valence-corrected chi connectivity index (χ0v) is 15.8. The minimum atomic E-state index is -1.11. The second kappa shape index (κ2) is 7.72. The number of carboxylic acids is 1. The van der Waals surface area contributed by atoms with Gasteiger partial charge in [-0.2, -0.15) is 0 Å². The molecule has 2 N–H and O–H groups in total. The lowest BCUT2D eigenvalue weighted by molar-refractivity contribution is 0.0699. The first kappa shape index (κ1) is 18.6. The van der Waals surface area contributed by atoms with Crippen molar-refractivity contribution in [3.8, 4) is 22.4 Å². The average Bonchev–Trinajstić information content (AvgIpc) is 2.73. The van der Waals surface area contributed by atoms with Crippen molar-refractivity contribution in [3.05, 3.63) is 84.2 Å². The number of nitrogens with zero attached hydrogens (tertiary/aromatic N) is 1. The van der Waals surface area contributed by atoms with E-state index in [4.69, 9.17) is 0 Å². The van der Waals surface area contributed by atoms with E-state index in [0.29, 0.717) is 11.2 Å². The molecular weight excluding hydrogens is 367 g/mol.